The van der Waals surface area contributed by atoms with Crippen LogP contribution in [-0.4, -0.2) is 26.3 Å². The van der Waals surface area contributed by atoms with Gasteiger partial charge in [-0.1, -0.05) is 44.2 Å². The number of methoxy groups -OCH3 is 1. The number of aryl methyl sites for hydroxylation is 1. The highest BCUT2D eigenvalue weighted by molar-refractivity contribution is 5.14. The van der Waals surface area contributed by atoms with Crippen LogP contribution in [0.1, 0.15) is 38.7 Å². The second-order valence-corrected chi connectivity index (χ2v) is 5.47. The maximum absolute atomic E-state index is 5.24. The van der Waals surface area contributed by atoms with E-state index in [1.54, 1.807) is 7.11 Å². The summed E-state index contributed by atoms with van der Waals surface area (Å²) >= 11 is 0. The van der Waals surface area contributed by atoms with E-state index >= 15 is 0 Å². The maximum Gasteiger partial charge on any atom is 0.0488 e. The van der Waals surface area contributed by atoms with Gasteiger partial charge in [0.2, 0.25) is 0 Å². The average molecular weight is 263 g/mol. The van der Waals surface area contributed by atoms with Gasteiger partial charge in [-0.3, -0.25) is 0 Å². The van der Waals surface area contributed by atoms with Gasteiger partial charge in [0.15, 0.2) is 0 Å². The van der Waals surface area contributed by atoms with Crippen LogP contribution in [0.2, 0.25) is 0 Å². The van der Waals surface area contributed by atoms with E-state index in [9.17, 15) is 0 Å². The van der Waals surface area contributed by atoms with E-state index < -0.39 is 0 Å². The lowest BCUT2D eigenvalue weighted by molar-refractivity contribution is 0.148. The fourth-order valence-electron chi connectivity index (χ4n) is 2.48. The minimum Gasteiger partial charge on any atom is -0.384 e. The van der Waals surface area contributed by atoms with Crippen LogP contribution in [0.5, 0.6) is 0 Å². The van der Waals surface area contributed by atoms with Gasteiger partial charge in [0.05, 0.1) is 0 Å². The summed E-state index contributed by atoms with van der Waals surface area (Å²) in [5.74, 6) is 0.620. The summed E-state index contributed by atoms with van der Waals surface area (Å²) in [5, 5.41) is 3.67. The first-order chi connectivity index (χ1) is 9.26. The molecule has 1 aromatic rings. The van der Waals surface area contributed by atoms with Crippen molar-refractivity contribution >= 4 is 0 Å². The third kappa shape index (κ3) is 7.34. The molecule has 0 aliphatic heterocycles. The van der Waals surface area contributed by atoms with E-state index in [1.165, 1.54) is 24.8 Å². The Morgan fingerprint density at radius 3 is 2.58 bits per heavy atom. The van der Waals surface area contributed by atoms with Gasteiger partial charge in [-0.2, -0.15) is 0 Å². The molecule has 0 fully saturated rings. The highest BCUT2D eigenvalue weighted by Crippen LogP contribution is 2.13. The summed E-state index contributed by atoms with van der Waals surface area (Å²) in [7, 11) is 1.79. The number of hydrogen-bond donors (Lipinski definition) is 1. The normalized spacial score (nSPS) is 14.3. The van der Waals surface area contributed by atoms with Crippen LogP contribution in [0, 0.1) is 5.92 Å². The molecular formula is C17H29NO. The summed E-state index contributed by atoms with van der Waals surface area (Å²) in [6.07, 6.45) is 4.75. The van der Waals surface area contributed by atoms with Crippen molar-refractivity contribution in [3.05, 3.63) is 35.9 Å². The fraction of sp³-hybridized carbons (Fsp3) is 0.647. The molecule has 1 rings (SSSR count). The third-order valence-corrected chi connectivity index (χ3v) is 3.45. The van der Waals surface area contributed by atoms with Gasteiger partial charge in [0, 0.05) is 19.8 Å². The Labute approximate surface area is 118 Å². The Bertz CT molecular complexity index is 312. The first-order valence-corrected chi connectivity index (χ1v) is 7.52. The minimum atomic E-state index is 0.602. The molecular weight excluding hydrogens is 234 g/mol. The molecule has 0 spiro atoms. The van der Waals surface area contributed by atoms with Crippen LogP contribution < -0.4 is 5.32 Å². The first-order valence-electron chi connectivity index (χ1n) is 7.52. The van der Waals surface area contributed by atoms with Crippen LogP contribution in [0.25, 0.3) is 0 Å². The van der Waals surface area contributed by atoms with Crippen molar-refractivity contribution in [1.82, 2.24) is 5.32 Å². The minimum absolute atomic E-state index is 0.602. The topological polar surface area (TPSA) is 21.3 Å². The van der Waals surface area contributed by atoms with Crippen molar-refractivity contribution in [3.8, 4) is 0 Å². The average Bonchev–Trinajstić information content (AvgIpc) is 2.43. The van der Waals surface area contributed by atoms with Gasteiger partial charge in [-0.15, -0.1) is 0 Å². The monoisotopic (exact) mass is 263 g/mol. The quantitative estimate of drug-likeness (QED) is 0.695. The molecule has 0 aromatic heterocycles. The van der Waals surface area contributed by atoms with Gasteiger partial charge < -0.3 is 10.1 Å². The van der Waals surface area contributed by atoms with Gasteiger partial charge in [0.25, 0.3) is 0 Å². The molecule has 0 aliphatic rings. The van der Waals surface area contributed by atoms with Crippen LogP contribution in [0.15, 0.2) is 30.3 Å². The number of hydrogen-bond acceptors (Lipinski definition) is 2. The van der Waals surface area contributed by atoms with E-state index in [4.69, 9.17) is 4.74 Å². The van der Waals surface area contributed by atoms with Gasteiger partial charge in [-0.25, -0.2) is 0 Å². The Hall–Kier alpha value is -0.860. The zero-order valence-electron chi connectivity index (χ0n) is 12.7. The molecule has 2 heteroatoms. The molecule has 108 valence electrons. The van der Waals surface area contributed by atoms with Crippen molar-refractivity contribution in [1.29, 1.82) is 0 Å². The molecule has 2 nitrogen and oxygen atoms in total. The molecule has 0 bridgehead atoms. The van der Waals surface area contributed by atoms with Crippen LogP contribution in [0.4, 0.5) is 0 Å². The summed E-state index contributed by atoms with van der Waals surface area (Å²) in [4.78, 5) is 0. The summed E-state index contributed by atoms with van der Waals surface area (Å²) in [6.45, 7) is 6.46. The molecule has 0 amide bonds. The van der Waals surface area contributed by atoms with Crippen LogP contribution in [0.3, 0.4) is 0 Å². The van der Waals surface area contributed by atoms with Crippen LogP contribution in [-0.2, 0) is 11.2 Å². The largest absolute Gasteiger partial charge is 0.384 e. The van der Waals surface area contributed by atoms with Gasteiger partial charge >= 0.3 is 0 Å². The summed E-state index contributed by atoms with van der Waals surface area (Å²) in [5.41, 5.74) is 1.44. The summed E-state index contributed by atoms with van der Waals surface area (Å²) < 4.78 is 5.24. The zero-order valence-corrected chi connectivity index (χ0v) is 12.7. The Balaban J connectivity index is 2.40. The highest BCUT2D eigenvalue weighted by Gasteiger charge is 2.12. The predicted octanol–water partition coefficient (Wildman–Crippen LogP) is 3.66. The molecule has 0 heterocycles. The fourth-order valence-corrected chi connectivity index (χ4v) is 2.48. The number of nitrogens with one attached hydrogen (secondary N) is 1. The second kappa shape index (κ2) is 9.99. The molecule has 1 N–H and O–H groups in total. The van der Waals surface area contributed by atoms with Crippen LogP contribution >= 0.6 is 0 Å². The van der Waals surface area contributed by atoms with Gasteiger partial charge in [-0.05, 0) is 43.7 Å². The number of rotatable bonds is 10. The molecule has 0 saturated carbocycles. The Kier molecular flexibility index (Phi) is 8.52. The number of benzene rings is 1. The molecule has 19 heavy (non-hydrogen) atoms. The third-order valence-electron chi connectivity index (χ3n) is 3.45. The van der Waals surface area contributed by atoms with Crippen molar-refractivity contribution in [2.75, 3.05) is 20.3 Å². The SMILES string of the molecule is CCCNC(CCc1ccccc1)CC(C)COC. The van der Waals surface area contributed by atoms with E-state index in [-0.39, 0.29) is 0 Å². The standard InChI is InChI=1S/C17H29NO/c1-4-12-18-17(13-15(2)14-19-3)11-10-16-8-6-5-7-9-16/h5-9,15,17-18H,4,10-14H2,1-3H3. The Morgan fingerprint density at radius 1 is 1.21 bits per heavy atom. The van der Waals surface area contributed by atoms with Crippen molar-refractivity contribution in [2.45, 2.75) is 45.6 Å². The lowest BCUT2D eigenvalue weighted by Gasteiger charge is -2.22. The molecule has 2 unspecified atom stereocenters. The molecule has 0 radical (unpaired) electrons. The van der Waals surface area contributed by atoms with E-state index in [1.807, 2.05) is 0 Å². The first kappa shape index (κ1) is 16.2. The predicted molar refractivity (Wildman–Crippen MR) is 82.5 cm³/mol. The molecule has 0 saturated heterocycles. The zero-order chi connectivity index (χ0) is 13.9. The Morgan fingerprint density at radius 2 is 1.95 bits per heavy atom. The van der Waals surface area contributed by atoms with Crippen molar-refractivity contribution < 1.29 is 4.74 Å². The van der Waals surface area contributed by atoms with E-state index in [2.05, 4.69) is 49.5 Å². The van der Waals surface area contributed by atoms with Gasteiger partial charge in [0.1, 0.15) is 0 Å². The molecule has 1 aromatic carbocycles. The molecule has 2 atom stereocenters. The lowest BCUT2D eigenvalue weighted by atomic mass is 9.96. The smallest absolute Gasteiger partial charge is 0.0488 e. The summed E-state index contributed by atoms with van der Waals surface area (Å²) in [6, 6.07) is 11.4. The van der Waals surface area contributed by atoms with Crippen molar-refractivity contribution in [2.24, 2.45) is 5.92 Å². The molecule has 0 aliphatic carbocycles. The highest BCUT2D eigenvalue weighted by atomic mass is 16.5. The number of ether oxygens (including phenoxy) is 1. The maximum atomic E-state index is 5.24. The van der Waals surface area contributed by atoms with E-state index in [0.29, 0.717) is 12.0 Å². The van der Waals surface area contributed by atoms with E-state index in [0.717, 1.165) is 19.6 Å². The van der Waals surface area contributed by atoms with Crippen molar-refractivity contribution in [3.63, 3.8) is 0 Å². The lowest BCUT2D eigenvalue weighted by Crippen LogP contribution is -2.32. The second-order valence-electron chi connectivity index (χ2n) is 5.47.